The Morgan fingerprint density at radius 1 is 0.339 bits per heavy atom. The Balaban J connectivity index is 4.49. The highest BCUT2D eigenvalue weighted by Gasteiger charge is 2.19. The Morgan fingerprint density at radius 2 is 0.661 bits per heavy atom. The third kappa shape index (κ3) is 47.6. The molecule has 62 heavy (non-hydrogen) atoms. The molecule has 0 aromatic carbocycles. The van der Waals surface area contributed by atoms with Crippen LogP contribution in [0.2, 0.25) is 0 Å². The fourth-order valence-electron chi connectivity index (χ4n) is 6.81. The number of unbranched alkanes of at least 4 members (excludes halogenated alkanes) is 20. The molecule has 0 aromatic rings. The van der Waals surface area contributed by atoms with Crippen molar-refractivity contribution >= 4 is 17.9 Å². The topological polar surface area (TPSA) is 78.9 Å². The van der Waals surface area contributed by atoms with E-state index in [4.69, 9.17) is 14.2 Å². The second-order valence-corrected chi connectivity index (χ2v) is 16.7. The minimum absolute atomic E-state index is 0.102. The Labute approximate surface area is 382 Å². The third-order valence-corrected chi connectivity index (χ3v) is 10.6. The van der Waals surface area contributed by atoms with Gasteiger partial charge in [0, 0.05) is 19.3 Å². The van der Waals surface area contributed by atoms with Crippen LogP contribution in [0.1, 0.15) is 233 Å². The summed E-state index contributed by atoms with van der Waals surface area (Å²) in [4.78, 5) is 37.9. The summed E-state index contributed by atoms with van der Waals surface area (Å²) in [6.07, 6.45) is 64.3. The molecule has 0 radical (unpaired) electrons. The van der Waals surface area contributed by atoms with Crippen molar-refractivity contribution in [3.8, 4) is 0 Å². The average Bonchev–Trinajstić information content (AvgIpc) is 3.27. The Hall–Kier alpha value is -3.41. The first-order valence-electron chi connectivity index (χ1n) is 25.6. The van der Waals surface area contributed by atoms with Crippen LogP contribution in [-0.2, 0) is 28.6 Å². The Kier molecular flexibility index (Phi) is 47.5. The SMILES string of the molecule is CC/C=C\C/C=C\C/C=C\C/C=C\C/C=C\C/C=C\CCC(=O)OCC(COC(=O)CCCCCCCCCCCCC)OC(=O)CCCCCCC/C=C\CCCCCCC. The zero-order valence-electron chi connectivity index (χ0n) is 40.4. The quantitative estimate of drug-likeness (QED) is 0.0263. The molecule has 0 spiro atoms. The van der Waals surface area contributed by atoms with Crippen molar-refractivity contribution in [1.29, 1.82) is 0 Å². The van der Waals surface area contributed by atoms with E-state index in [-0.39, 0.29) is 37.5 Å². The summed E-state index contributed by atoms with van der Waals surface area (Å²) in [7, 11) is 0. The number of carbonyl (C=O) groups excluding carboxylic acids is 3. The van der Waals surface area contributed by atoms with Crippen LogP contribution in [0.4, 0.5) is 0 Å². The second kappa shape index (κ2) is 50.2. The molecule has 1 unspecified atom stereocenters. The van der Waals surface area contributed by atoms with Gasteiger partial charge in [-0.1, -0.05) is 215 Å². The molecule has 6 nitrogen and oxygen atoms in total. The van der Waals surface area contributed by atoms with Gasteiger partial charge in [0.1, 0.15) is 13.2 Å². The van der Waals surface area contributed by atoms with E-state index in [2.05, 4.69) is 99.8 Å². The Morgan fingerprint density at radius 3 is 1.08 bits per heavy atom. The molecule has 1 atom stereocenters. The van der Waals surface area contributed by atoms with Crippen LogP contribution in [0.3, 0.4) is 0 Å². The predicted molar refractivity (Wildman–Crippen MR) is 265 cm³/mol. The van der Waals surface area contributed by atoms with E-state index in [0.717, 1.165) is 89.9 Å². The maximum atomic E-state index is 12.8. The summed E-state index contributed by atoms with van der Waals surface area (Å²) in [6.45, 7) is 6.43. The molecule has 0 aliphatic rings. The molecule has 0 saturated heterocycles. The van der Waals surface area contributed by atoms with Crippen molar-refractivity contribution in [1.82, 2.24) is 0 Å². The molecule has 0 amide bonds. The molecule has 6 heteroatoms. The molecular formula is C56H94O6. The summed E-state index contributed by atoms with van der Waals surface area (Å²) < 4.78 is 16.7. The molecule has 0 bridgehead atoms. The molecule has 0 N–H and O–H groups in total. The van der Waals surface area contributed by atoms with Gasteiger partial charge in [0.15, 0.2) is 6.10 Å². The summed E-state index contributed by atoms with van der Waals surface area (Å²) in [5.74, 6) is -1.00. The lowest BCUT2D eigenvalue weighted by Gasteiger charge is -2.18. The van der Waals surface area contributed by atoms with Gasteiger partial charge in [-0.3, -0.25) is 14.4 Å². The van der Waals surface area contributed by atoms with Crippen LogP contribution in [0, 0.1) is 0 Å². The molecule has 0 aliphatic carbocycles. The summed E-state index contributed by atoms with van der Waals surface area (Å²) in [5.41, 5.74) is 0. The van der Waals surface area contributed by atoms with E-state index < -0.39 is 6.10 Å². The lowest BCUT2D eigenvalue weighted by Crippen LogP contribution is -2.30. The standard InChI is InChI=1S/C56H94O6/c1-4-7-10-13-16-19-22-24-26-27-28-29-30-32-34-37-40-43-46-49-55(58)61-52-53(51-60-54(57)48-45-42-39-36-33-21-18-15-12-9-6-3)62-56(59)50-47-44-41-38-35-31-25-23-20-17-14-11-8-5-2/h7,10,16,19,23-26,28-29,32,34,40,43,53H,4-6,8-9,11-15,17-18,20-22,27,30-31,33,35-39,41-42,44-52H2,1-3H3/b10-7-,19-16-,25-23-,26-24-,29-28-,34-32-,43-40-. The van der Waals surface area contributed by atoms with Gasteiger partial charge in [-0.15, -0.1) is 0 Å². The molecule has 0 heterocycles. The molecule has 0 saturated carbocycles. The van der Waals surface area contributed by atoms with Crippen LogP contribution in [0.15, 0.2) is 85.1 Å². The molecule has 0 aromatic heterocycles. The minimum Gasteiger partial charge on any atom is -0.462 e. The largest absolute Gasteiger partial charge is 0.462 e. The van der Waals surface area contributed by atoms with Crippen LogP contribution in [0.25, 0.3) is 0 Å². The highest BCUT2D eigenvalue weighted by Crippen LogP contribution is 2.14. The Bertz CT molecular complexity index is 1220. The average molecular weight is 863 g/mol. The number of hydrogen-bond acceptors (Lipinski definition) is 6. The van der Waals surface area contributed by atoms with Gasteiger partial charge in [0.05, 0.1) is 0 Å². The number of carbonyl (C=O) groups is 3. The van der Waals surface area contributed by atoms with Crippen LogP contribution >= 0.6 is 0 Å². The molecule has 0 rings (SSSR count). The number of ether oxygens (including phenoxy) is 3. The van der Waals surface area contributed by atoms with Gasteiger partial charge >= 0.3 is 17.9 Å². The van der Waals surface area contributed by atoms with E-state index in [0.29, 0.717) is 19.3 Å². The molecule has 0 aliphatic heterocycles. The number of esters is 3. The first-order valence-corrected chi connectivity index (χ1v) is 25.6. The van der Waals surface area contributed by atoms with Gasteiger partial charge in [0.25, 0.3) is 0 Å². The van der Waals surface area contributed by atoms with Gasteiger partial charge < -0.3 is 14.2 Å². The first kappa shape index (κ1) is 58.6. The van der Waals surface area contributed by atoms with E-state index >= 15 is 0 Å². The van der Waals surface area contributed by atoms with Crippen molar-refractivity contribution in [2.24, 2.45) is 0 Å². The van der Waals surface area contributed by atoms with Crippen LogP contribution < -0.4 is 0 Å². The molecule has 0 fully saturated rings. The highest BCUT2D eigenvalue weighted by molar-refractivity contribution is 5.71. The van der Waals surface area contributed by atoms with Crippen molar-refractivity contribution in [3.63, 3.8) is 0 Å². The lowest BCUT2D eigenvalue weighted by molar-refractivity contribution is -0.166. The maximum absolute atomic E-state index is 12.8. The van der Waals surface area contributed by atoms with E-state index in [1.54, 1.807) is 0 Å². The zero-order chi connectivity index (χ0) is 45.1. The lowest BCUT2D eigenvalue weighted by atomic mass is 10.1. The van der Waals surface area contributed by atoms with Crippen LogP contribution in [0.5, 0.6) is 0 Å². The smallest absolute Gasteiger partial charge is 0.306 e. The van der Waals surface area contributed by atoms with Crippen molar-refractivity contribution in [3.05, 3.63) is 85.1 Å². The monoisotopic (exact) mass is 863 g/mol. The van der Waals surface area contributed by atoms with Crippen molar-refractivity contribution < 1.29 is 28.6 Å². The summed E-state index contributed by atoms with van der Waals surface area (Å²) >= 11 is 0. The predicted octanol–water partition coefficient (Wildman–Crippen LogP) is 16.8. The second-order valence-electron chi connectivity index (χ2n) is 16.7. The fourth-order valence-corrected chi connectivity index (χ4v) is 6.81. The summed E-state index contributed by atoms with van der Waals surface area (Å²) in [6, 6.07) is 0. The number of hydrogen-bond donors (Lipinski definition) is 0. The van der Waals surface area contributed by atoms with Gasteiger partial charge in [-0.25, -0.2) is 0 Å². The molecular weight excluding hydrogens is 769 g/mol. The highest BCUT2D eigenvalue weighted by atomic mass is 16.6. The van der Waals surface area contributed by atoms with Crippen molar-refractivity contribution in [2.75, 3.05) is 13.2 Å². The third-order valence-electron chi connectivity index (χ3n) is 10.6. The first-order chi connectivity index (χ1) is 30.5. The number of rotatable bonds is 45. The van der Waals surface area contributed by atoms with E-state index in [1.165, 1.54) is 96.3 Å². The fraction of sp³-hybridized carbons (Fsp3) is 0.696. The summed E-state index contributed by atoms with van der Waals surface area (Å²) in [5, 5.41) is 0. The molecule has 354 valence electrons. The maximum Gasteiger partial charge on any atom is 0.306 e. The zero-order valence-corrected chi connectivity index (χ0v) is 40.4. The normalized spacial score (nSPS) is 12.8. The van der Waals surface area contributed by atoms with E-state index in [1.807, 2.05) is 6.08 Å². The minimum atomic E-state index is -0.808. The van der Waals surface area contributed by atoms with Gasteiger partial charge in [-0.2, -0.15) is 0 Å². The number of allylic oxidation sites excluding steroid dienone is 14. The van der Waals surface area contributed by atoms with E-state index in [9.17, 15) is 14.4 Å². The van der Waals surface area contributed by atoms with Crippen LogP contribution in [-0.4, -0.2) is 37.2 Å². The van der Waals surface area contributed by atoms with Gasteiger partial charge in [0.2, 0.25) is 0 Å². The van der Waals surface area contributed by atoms with Gasteiger partial charge in [-0.05, 0) is 83.5 Å². The van der Waals surface area contributed by atoms with Crippen molar-refractivity contribution in [2.45, 2.75) is 239 Å².